The summed E-state index contributed by atoms with van der Waals surface area (Å²) in [7, 11) is 0. The van der Waals surface area contributed by atoms with Crippen molar-refractivity contribution in [3.8, 4) is 0 Å². The van der Waals surface area contributed by atoms with Crippen LogP contribution in [-0.2, 0) is 6.54 Å². The number of carbonyl (C=O) groups is 2. The third kappa shape index (κ3) is 4.01. The lowest BCUT2D eigenvalue weighted by atomic mass is 10.4. The highest BCUT2D eigenvalue weighted by Crippen LogP contribution is 2.06. The molecule has 0 spiro atoms. The van der Waals surface area contributed by atoms with E-state index in [0.717, 1.165) is 0 Å². The van der Waals surface area contributed by atoms with Crippen molar-refractivity contribution in [2.75, 3.05) is 13.1 Å². The number of carbonyl (C=O) groups excluding carboxylic acids is 1. The fourth-order valence-corrected chi connectivity index (χ4v) is 1.07. The molecule has 0 saturated carbocycles. The van der Waals surface area contributed by atoms with Crippen LogP contribution in [-0.4, -0.2) is 30.2 Å². The maximum atomic E-state index is 10.5. The summed E-state index contributed by atoms with van der Waals surface area (Å²) in [6.07, 6.45) is 0. The maximum absolute atomic E-state index is 10.5. The van der Waals surface area contributed by atoms with E-state index in [-0.39, 0.29) is 5.76 Å². The first-order valence-electron chi connectivity index (χ1n) is 4.65. The van der Waals surface area contributed by atoms with E-state index in [1.54, 1.807) is 6.07 Å². The molecule has 1 aromatic rings. The average Bonchev–Trinajstić information content (AvgIpc) is 2.65. The number of nitrogens with one attached hydrogen (secondary N) is 2. The van der Waals surface area contributed by atoms with Crippen molar-refractivity contribution < 1.29 is 19.1 Å². The van der Waals surface area contributed by atoms with Crippen LogP contribution in [0.2, 0.25) is 0 Å². The Kier molecular flexibility index (Phi) is 4.34. The van der Waals surface area contributed by atoms with Crippen molar-refractivity contribution in [3.05, 3.63) is 23.7 Å². The molecule has 0 aliphatic rings. The molecule has 16 heavy (non-hydrogen) atoms. The van der Waals surface area contributed by atoms with Crippen molar-refractivity contribution in [1.29, 1.82) is 0 Å². The molecule has 1 aromatic heterocycles. The first-order valence-corrected chi connectivity index (χ1v) is 4.65. The molecule has 0 unspecified atom stereocenters. The number of carboxylic acid groups (broad SMARTS) is 1. The predicted molar refractivity (Wildman–Crippen MR) is 55.0 cm³/mol. The Morgan fingerprint density at radius 2 is 2.12 bits per heavy atom. The largest absolute Gasteiger partial charge is 0.475 e. The van der Waals surface area contributed by atoms with E-state index in [1.165, 1.54) is 6.07 Å². The fraction of sp³-hybridized carbons (Fsp3) is 0.333. The second-order valence-electron chi connectivity index (χ2n) is 3.04. The summed E-state index contributed by atoms with van der Waals surface area (Å²) in [5.74, 6) is -0.662. The molecule has 88 valence electrons. The first-order chi connectivity index (χ1) is 7.59. The van der Waals surface area contributed by atoms with Gasteiger partial charge in [-0.15, -0.1) is 0 Å². The topological polar surface area (TPSA) is 118 Å². The Morgan fingerprint density at radius 1 is 1.38 bits per heavy atom. The van der Waals surface area contributed by atoms with Gasteiger partial charge in [0.15, 0.2) is 0 Å². The number of amides is 2. The molecule has 0 saturated heterocycles. The summed E-state index contributed by atoms with van der Waals surface area (Å²) in [5, 5.41) is 14.0. The van der Waals surface area contributed by atoms with Crippen LogP contribution < -0.4 is 16.4 Å². The minimum absolute atomic E-state index is 0.0907. The average molecular weight is 227 g/mol. The monoisotopic (exact) mass is 227 g/mol. The van der Waals surface area contributed by atoms with E-state index in [4.69, 9.17) is 15.3 Å². The standard InChI is InChI=1S/C9H13N3O4/c10-9(15)12-4-3-11-5-6-1-2-7(16-6)8(13)14/h1-2,11H,3-5H2,(H,13,14)(H3,10,12,15). The lowest BCUT2D eigenvalue weighted by Gasteiger charge is -2.02. The van der Waals surface area contributed by atoms with Crippen LogP contribution in [0.25, 0.3) is 0 Å². The minimum Gasteiger partial charge on any atom is -0.475 e. The van der Waals surface area contributed by atoms with Crippen LogP contribution in [0.3, 0.4) is 0 Å². The maximum Gasteiger partial charge on any atom is 0.371 e. The molecule has 7 nitrogen and oxygen atoms in total. The lowest BCUT2D eigenvalue weighted by molar-refractivity contribution is 0.0660. The second kappa shape index (κ2) is 5.76. The summed E-state index contributed by atoms with van der Waals surface area (Å²) in [4.78, 5) is 20.8. The molecule has 1 heterocycles. The van der Waals surface area contributed by atoms with Crippen molar-refractivity contribution in [3.63, 3.8) is 0 Å². The summed E-state index contributed by atoms with van der Waals surface area (Å²) in [6.45, 7) is 1.32. The number of carboxylic acids is 1. The van der Waals surface area contributed by atoms with E-state index in [2.05, 4.69) is 10.6 Å². The van der Waals surface area contributed by atoms with Gasteiger partial charge in [-0.2, -0.15) is 0 Å². The molecule has 0 atom stereocenters. The number of rotatable bonds is 6. The van der Waals surface area contributed by atoms with Crippen molar-refractivity contribution in [1.82, 2.24) is 10.6 Å². The van der Waals surface area contributed by atoms with Gasteiger partial charge >= 0.3 is 12.0 Å². The summed E-state index contributed by atoms with van der Waals surface area (Å²) in [6, 6.07) is 2.40. The molecule has 7 heteroatoms. The summed E-state index contributed by atoms with van der Waals surface area (Å²) < 4.78 is 5.00. The van der Waals surface area contributed by atoms with E-state index in [1.807, 2.05) is 0 Å². The summed E-state index contributed by atoms with van der Waals surface area (Å²) in [5.41, 5.74) is 4.86. The Bertz CT molecular complexity index is 375. The molecule has 0 aliphatic carbocycles. The van der Waals surface area contributed by atoms with Gasteiger partial charge in [0.2, 0.25) is 5.76 Å². The zero-order valence-electron chi connectivity index (χ0n) is 8.53. The number of aromatic carboxylic acids is 1. The van der Waals surface area contributed by atoms with Crippen molar-refractivity contribution >= 4 is 12.0 Å². The third-order valence-corrected chi connectivity index (χ3v) is 1.77. The Hall–Kier alpha value is -2.02. The van der Waals surface area contributed by atoms with Crippen molar-refractivity contribution in [2.24, 2.45) is 5.73 Å². The van der Waals surface area contributed by atoms with Gasteiger partial charge in [0.05, 0.1) is 6.54 Å². The zero-order chi connectivity index (χ0) is 12.0. The zero-order valence-corrected chi connectivity index (χ0v) is 8.53. The Morgan fingerprint density at radius 3 is 2.69 bits per heavy atom. The number of furan rings is 1. The van der Waals surface area contributed by atoms with Gasteiger partial charge in [-0.05, 0) is 12.1 Å². The molecule has 0 radical (unpaired) electrons. The van der Waals surface area contributed by atoms with E-state index < -0.39 is 12.0 Å². The highest BCUT2D eigenvalue weighted by atomic mass is 16.4. The van der Waals surface area contributed by atoms with Crippen LogP contribution in [0.5, 0.6) is 0 Å². The van der Waals surface area contributed by atoms with Gasteiger partial charge in [-0.25, -0.2) is 9.59 Å². The predicted octanol–water partition coefficient (Wildman–Crippen LogP) is -0.264. The van der Waals surface area contributed by atoms with Gasteiger partial charge in [-0.3, -0.25) is 0 Å². The number of nitrogens with two attached hydrogens (primary N) is 1. The normalized spacial score (nSPS) is 10.0. The van der Waals surface area contributed by atoms with Gasteiger partial charge in [0.25, 0.3) is 0 Å². The molecule has 0 aliphatic heterocycles. The fourth-order valence-electron chi connectivity index (χ4n) is 1.07. The number of hydrogen-bond donors (Lipinski definition) is 4. The minimum atomic E-state index is -1.10. The molecule has 2 amide bonds. The molecular formula is C9H13N3O4. The number of urea groups is 1. The van der Waals surface area contributed by atoms with E-state index in [9.17, 15) is 9.59 Å². The SMILES string of the molecule is NC(=O)NCCNCc1ccc(C(=O)O)o1. The number of primary amides is 1. The van der Waals surface area contributed by atoms with E-state index in [0.29, 0.717) is 25.4 Å². The molecule has 5 N–H and O–H groups in total. The highest BCUT2D eigenvalue weighted by molar-refractivity contribution is 5.84. The highest BCUT2D eigenvalue weighted by Gasteiger charge is 2.07. The molecule has 0 bridgehead atoms. The van der Waals surface area contributed by atoms with Crippen LogP contribution in [0.15, 0.2) is 16.5 Å². The first kappa shape index (κ1) is 12.1. The van der Waals surface area contributed by atoms with Crippen LogP contribution in [0.4, 0.5) is 4.79 Å². The second-order valence-corrected chi connectivity index (χ2v) is 3.04. The van der Waals surface area contributed by atoms with Gasteiger partial charge < -0.3 is 25.9 Å². The summed E-state index contributed by atoms with van der Waals surface area (Å²) >= 11 is 0. The Labute approximate surface area is 91.6 Å². The third-order valence-electron chi connectivity index (χ3n) is 1.77. The molecular weight excluding hydrogens is 214 g/mol. The van der Waals surface area contributed by atoms with Crippen LogP contribution >= 0.6 is 0 Å². The lowest BCUT2D eigenvalue weighted by Crippen LogP contribution is -2.35. The van der Waals surface area contributed by atoms with E-state index >= 15 is 0 Å². The van der Waals surface area contributed by atoms with Crippen LogP contribution in [0, 0.1) is 0 Å². The van der Waals surface area contributed by atoms with Gasteiger partial charge in [0.1, 0.15) is 5.76 Å². The quantitative estimate of drug-likeness (QED) is 0.499. The molecule has 1 rings (SSSR count). The van der Waals surface area contributed by atoms with Gasteiger partial charge in [0, 0.05) is 13.1 Å². The Balaban J connectivity index is 2.21. The molecule has 0 fully saturated rings. The smallest absolute Gasteiger partial charge is 0.371 e. The van der Waals surface area contributed by atoms with Crippen molar-refractivity contribution in [2.45, 2.75) is 6.54 Å². The molecule has 0 aromatic carbocycles. The number of hydrogen-bond acceptors (Lipinski definition) is 4. The van der Waals surface area contributed by atoms with Crippen LogP contribution in [0.1, 0.15) is 16.3 Å². The van der Waals surface area contributed by atoms with Gasteiger partial charge in [-0.1, -0.05) is 0 Å².